The molecule has 0 spiro atoms. The summed E-state index contributed by atoms with van der Waals surface area (Å²) in [5.74, 6) is 0.364. The van der Waals surface area contributed by atoms with E-state index in [4.69, 9.17) is 10.2 Å². The van der Waals surface area contributed by atoms with Crippen LogP contribution in [0.4, 0.5) is 6.01 Å². The molecule has 3 N–H and O–H groups in total. The van der Waals surface area contributed by atoms with Gasteiger partial charge in [-0.05, 0) is 17.2 Å². The molecule has 1 unspecified atom stereocenters. The number of aromatic nitrogens is 1. The lowest BCUT2D eigenvalue weighted by atomic mass is 9.85. The molecule has 0 bridgehead atoms. The van der Waals surface area contributed by atoms with Gasteiger partial charge in [-0.1, -0.05) is 42.5 Å². The van der Waals surface area contributed by atoms with E-state index in [-0.39, 0.29) is 6.01 Å². The Labute approximate surface area is 110 Å². The summed E-state index contributed by atoms with van der Waals surface area (Å²) >= 11 is 0. The number of nitrogens with two attached hydrogens (primary N) is 1. The van der Waals surface area contributed by atoms with Gasteiger partial charge in [0.1, 0.15) is 5.60 Å². The second kappa shape index (κ2) is 4.40. The lowest BCUT2D eigenvalue weighted by molar-refractivity contribution is 0.0703. The third kappa shape index (κ3) is 2.18. The molecule has 1 aliphatic carbocycles. The van der Waals surface area contributed by atoms with Crippen LogP contribution in [0.3, 0.4) is 0 Å². The standard InChI is InChI=1S/C15H14N2O2/c16-14-17-10-13(19-14)15(18)8-4-7-12(9-15)11-5-2-1-3-6-11/h1-8,10,18H,9H2,(H2,16,17). The van der Waals surface area contributed by atoms with Crippen molar-refractivity contribution < 1.29 is 9.52 Å². The molecular formula is C15H14N2O2. The first kappa shape index (κ1) is 11.7. The molecule has 2 aromatic rings. The smallest absolute Gasteiger partial charge is 0.292 e. The predicted molar refractivity (Wildman–Crippen MR) is 73.0 cm³/mol. The number of benzene rings is 1. The summed E-state index contributed by atoms with van der Waals surface area (Å²) in [6.45, 7) is 0. The van der Waals surface area contributed by atoms with Crippen molar-refractivity contribution in [3.05, 3.63) is 66.1 Å². The first-order valence-electron chi connectivity index (χ1n) is 6.05. The predicted octanol–water partition coefficient (Wildman–Crippen LogP) is 2.49. The number of hydrogen-bond donors (Lipinski definition) is 2. The molecule has 0 aliphatic heterocycles. The molecule has 4 nitrogen and oxygen atoms in total. The van der Waals surface area contributed by atoms with Crippen molar-refractivity contribution in [2.75, 3.05) is 5.73 Å². The minimum atomic E-state index is -1.19. The maximum Gasteiger partial charge on any atom is 0.292 e. The second-order valence-corrected chi connectivity index (χ2v) is 4.58. The zero-order chi connectivity index (χ0) is 13.3. The van der Waals surface area contributed by atoms with Crippen molar-refractivity contribution in [1.29, 1.82) is 0 Å². The summed E-state index contributed by atoms with van der Waals surface area (Å²) in [4.78, 5) is 3.83. The molecule has 4 heteroatoms. The van der Waals surface area contributed by atoms with Gasteiger partial charge in [-0.25, -0.2) is 4.98 Å². The number of nitrogen functional groups attached to an aromatic ring is 1. The van der Waals surface area contributed by atoms with Crippen LogP contribution in [0.5, 0.6) is 0 Å². The van der Waals surface area contributed by atoms with Gasteiger partial charge in [-0.15, -0.1) is 0 Å². The molecule has 19 heavy (non-hydrogen) atoms. The number of hydrogen-bond acceptors (Lipinski definition) is 4. The van der Waals surface area contributed by atoms with E-state index in [9.17, 15) is 5.11 Å². The fourth-order valence-electron chi connectivity index (χ4n) is 2.24. The third-order valence-corrected chi connectivity index (χ3v) is 3.22. The molecule has 96 valence electrons. The Balaban J connectivity index is 1.93. The normalized spacial score (nSPS) is 22.3. The minimum Gasteiger partial charge on any atom is -0.425 e. The lowest BCUT2D eigenvalue weighted by Gasteiger charge is -2.26. The van der Waals surface area contributed by atoms with Gasteiger partial charge in [0.15, 0.2) is 5.76 Å². The Morgan fingerprint density at radius 2 is 2.05 bits per heavy atom. The Bertz CT molecular complexity index is 643. The van der Waals surface area contributed by atoms with Crippen LogP contribution in [0, 0.1) is 0 Å². The van der Waals surface area contributed by atoms with E-state index in [0.29, 0.717) is 12.2 Å². The number of rotatable bonds is 2. The zero-order valence-corrected chi connectivity index (χ0v) is 10.3. The molecule has 0 amide bonds. The number of anilines is 1. The summed E-state index contributed by atoms with van der Waals surface area (Å²) < 4.78 is 5.25. The number of aliphatic hydroxyl groups is 1. The van der Waals surface area contributed by atoms with E-state index in [1.165, 1.54) is 6.20 Å². The van der Waals surface area contributed by atoms with Gasteiger partial charge in [0, 0.05) is 6.42 Å². The molecule has 0 fully saturated rings. The summed E-state index contributed by atoms with van der Waals surface area (Å²) in [5.41, 5.74) is 6.40. The summed E-state index contributed by atoms with van der Waals surface area (Å²) in [6.07, 6.45) is 7.41. The molecule has 0 radical (unpaired) electrons. The van der Waals surface area contributed by atoms with Crippen molar-refractivity contribution in [2.24, 2.45) is 0 Å². The van der Waals surface area contributed by atoms with Crippen molar-refractivity contribution in [1.82, 2.24) is 4.98 Å². The van der Waals surface area contributed by atoms with Crippen LogP contribution in [0.2, 0.25) is 0 Å². The summed E-state index contributed by atoms with van der Waals surface area (Å²) in [7, 11) is 0. The highest BCUT2D eigenvalue weighted by Gasteiger charge is 2.33. The van der Waals surface area contributed by atoms with Crippen molar-refractivity contribution in [3.63, 3.8) is 0 Å². The van der Waals surface area contributed by atoms with Gasteiger partial charge in [-0.3, -0.25) is 0 Å². The van der Waals surface area contributed by atoms with E-state index in [2.05, 4.69) is 4.98 Å². The van der Waals surface area contributed by atoms with Crippen LogP contribution in [0.15, 0.2) is 59.2 Å². The zero-order valence-electron chi connectivity index (χ0n) is 10.3. The molecule has 1 aromatic heterocycles. The van der Waals surface area contributed by atoms with Crippen LogP contribution in [0.1, 0.15) is 17.7 Å². The monoisotopic (exact) mass is 254 g/mol. The van der Waals surface area contributed by atoms with E-state index in [0.717, 1.165) is 11.1 Å². The molecule has 1 heterocycles. The van der Waals surface area contributed by atoms with E-state index in [1.54, 1.807) is 6.08 Å². The van der Waals surface area contributed by atoms with E-state index < -0.39 is 5.60 Å². The highest BCUT2D eigenvalue weighted by Crippen LogP contribution is 2.37. The molecule has 3 rings (SSSR count). The van der Waals surface area contributed by atoms with E-state index in [1.807, 2.05) is 42.5 Å². The summed E-state index contributed by atoms with van der Waals surface area (Å²) in [6, 6.07) is 10.00. The van der Waals surface area contributed by atoms with Crippen LogP contribution in [0.25, 0.3) is 5.57 Å². The number of allylic oxidation sites excluding steroid dienone is 2. The third-order valence-electron chi connectivity index (χ3n) is 3.22. The molecule has 1 aromatic carbocycles. The van der Waals surface area contributed by atoms with Crippen molar-refractivity contribution in [3.8, 4) is 0 Å². The molecular weight excluding hydrogens is 240 g/mol. The Kier molecular flexibility index (Phi) is 2.72. The maximum atomic E-state index is 10.7. The summed E-state index contributed by atoms with van der Waals surface area (Å²) in [5, 5.41) is 10.7. The second-order valence-electron chi connectivity index (χ2n) is 4.58. The van der Waals surface area contributed by atoms with Gasteiger partial charge < -0.3 is 15.3 Å². The van der Waals surface area contributed by atoms with Crippen LogP contribution >= 0.6 is 0 Å². The SMILES string of the molecule is Nc1ncc(C2(O)C=CC=C(c3ccccc3)C2)o1. The molecule has 1 atom stereocenters. The first-order chi connectivity index (χ1) is 9.17. The topological polar surface area (TPSA) is 72.3 Å². The highest BCUT2D eigenvalue weighted by molar-refractivity contribution is 5.69. The van der Waals surface area contributed by atoms with E-state index >= 15 is 0 Å². The average Bonchev–Trinajstić information content (AvgIpc) is 2.87. The lowest BCUT2D eigenvalue weighted by Crippen LogP contribution is -2.24. The Morgan fingerprint density at radius 1 is 1.26 bits per heavy atom. The van der Waals surface area contributed by atoms with Gasteiger partial charge >= 0.3 is 0 Å². The fourth-order valence-corrected chi connectivity index (χ4v) is 2.24. The van der Waals surface area contributed by atoms with Crippen molar-refractivity contribution in [2.45, 2.75) is 12.0 Å². The Morgan fingerprint density at radius 3 is 2.74 bits per heavy atom. The molecule has 0 saturated heterocycles. The highest BCUT2D eigenvalue weighted by atomic mass is 16.4. The number of nitrogens with zero attached hydrogens (tertiary/aromatic N) is 1. The molecule has 0 saturated carbocycles. The van der Waals surface area contributed by atoms with Gasteiger partial charge in [0.05, 0.1) is 6.20 Å². The van der Waals surface area contributed by atoms with Crippen LogP contribution in [-0.2, 0) is 5.60 Å². The number of oxazole rings is 1. The van der Waals surface area contributed by atoms with Gasteiger partial charge in [-0.2, -0.15) is 0 Å². The Hall–Kier alpha value is -2.33. The van der Waals surface area contributed by atoms with Crippen molar-refractivity contribution >= 4 is 11.6 Å². The molecule has 1 aliphatic rings. The maximum absolute atomic E-state index is 10.7. The van der Waals surface area contributed by atoms with Gasteiger partial charge in [0.2, 0.25) is 0 Å². The fraction of sp³-hybridized carbons (Fsp3) is 0.133. The minimum absolute atomic E-state index is 0.0626. The first-order valence-corrected chi connectivity index (χ1v) is 6.05. The quantitative estimate of drug-likeness (QED) is 0.863. The van der Waals surface area contributed by atoms with Crippen LogP contribution in [-0.4, -0.2) is 10.1 Å². The van der Waals surface area contributed by atoms with Crippen LogP contribution < -0.4 is 5.73 Å². The van der Waals surface area contributed by atoms with Gasteiger partial charge in [0.25, 0.3) is 6.01 Å². The largest absolute Gasteiger partial charge is 0.425 e. The average molecular weight is 254 g/mol.